The van der Waals surface area contributed by atoms with Crippen molar-refractivity contribution in [3.05, 3.63) is 119 Å². The standard InChI is InChI=1S/C33H31ClN4O7S/c1-35-19-21-6-3-4-7-25(21)31-44-20-29(45-31)33(37-16-5-8-28(37)30-36-15-17-43-30)26-18-22(34)9-14-27(26)38(32(33)39)46(40,41)24-12-10-23(42-2)11-13-24/h3-4,6-7,9-15,17-18,20,28,31,35H,5,8,16,19H2,1-2H3. The van der Waals surface area contributed by atoms with Gasteiger partial charge in [-0.15, -0.1) is 0 Å². The number of nitrogens with one attached hydrogen (secondary N) is 1. The lowest BCUT2D eigenvalue weighted by Crippen LogP contribution is -2.55. The number of oxazole rings is 1. The Bertz CT molecular complexity index is 1920. The fraction of sp³-hybridized carbons (Fsp3) is 0.273. The van der Waals surface area contributed by atoms with Crippen LogP contribution in [0.3, 0.4) is 0 Å². The van der Waals surface area contributed by atoms with Crippen LogP contribution in [0.15, 0.2) is 101 Å². The average molecular weight is 663 g/mol. The molecule has 0 aliphatic carbocycles. The van der Waals surface area contributed by atoms with Gasteiger partial charge in [-0.25, -0.2) is 17.7 Å². The smallest absolute Gasteiger partial charge is 0.274 e. The van der Waals surface area contributed by atoms with Gasteiger partial charge >= 0.3 is 0 Å². The minimum absolute atomic E-state index is 0.0829. The summed E-state index contributed by atoms with van der Waals surface area (Å²) in [5.41, 5.74) is 0.430. The quantitative estimate of drug-likeness (QED) is 0.249. The Hall–Kier alpha value is -4.36. The average Bonchev–Trinajstić information content (AvgIpc) is 3.88. The van der Waals surface area contributed by atoms with Crippen LogP contribution in [0, 0.1) is 0 Å². The third-order valence-electron chi connectivity index (χ3n) is 8.64. The van der Waals surface area contributed by atoms with Crippen LogP contribution in [0.5, 0.6) is 5.75 Å². The summed E-state index contributed by atoms with van der Waals surface area (Å²) in [6.45, 7) is 0.965. The molecule has 3 unspecified atom stereocenters. The van der Waals surface area contributed by atoms with Gasteiger partial charge in [-0.05, 0) is 67.9 Å². The number of halogens is 1. The number of benzene rings is 3. The molecule has 13 heteroatoms. The Labute approximate surface area is 271 Å². The second-order valence-electron chi connectivity index (χ2n) is 11.1. The van der Waals surface area contributed by atoms with Gasteiger partial charge in [-0.3, -0.25) is 9.69 Å². The number of sulfonamides is 1. The van der Waals surface area contributed by atoms with E-state index in [1.807, 2.05) is 36.2 Å². The van der Waals surface area contributed by atoms with E-state index in [-0.39, 0.29) is 16.3 Å². The Morgan fingerprint density at radius 1 is 1.13 bits per heavy atom. The van der Waals surface area contributed by atoms with E-state index in [1.54, 1.807) is 24.4 Å². The number of anilines is 1. The normalized spacial score (nSPS) is 22.8. The van der Waals surface area contributed by atoms with Crippen LogP contribution < -0.4 is 14.4 Å². The van der Waals surface area contributed by atoms with E-state index in [0.717, 1.165) is 15.4 Å². The highest BCUT2D eigenvalue weighted by Gasteiger charge is 2.65. The molecular weight excluding hydrogens is 632 g/mol. The monoisotopic (exact) mass is 662 g/mol. The highest BCUT2D eigenvalue weighted by Crippen LogP contribution is 2.57. The molecule has 7 rings (SSSR count). The maximum atomic E-state index is 15.2. The fourth-order valence-electron chi connectivity index (χ4n) is 6.64. The summed E-state index contributed by atoms with van der Waals surface area (Å²) in [6, 6.07) is 17.8. The number of carbonyl (C=O) groups is 1. The molecule has 3 atom stereocenters. The molecule has 1 saturated heterocycles. The van der Waals surface area contributed by atoms with Crippen molar-refractivity contribution < 1.29 is 31.8 Å². The zero-order valence-corrected chi connectivity index (χ0v) is 26.6. The molecule has 1 N–H and O–H groups in total. The van der Waals surface area contributed by atoms with Crippen LogP contribution in [0.25, 0.3) is 0 Å². The van der Waals surface area contributed by atoms with Gasteiger partial charge in [0.1, 0.15) is 18.3 Å². The molecule has 3 aromatic carbocycles. The lowest BCUT2D eigenvalue weighted by atomic mass is 9.86. The topological polar surface area (TPSA) is 123 Å². The number of hydrogen-bond acceptors (Lipinski definition) is 10. The number of likely N-dealkylation sites (tertiary alicyclic amines) is 1. The van der Waals surface area contributed by atoms with E-state index < -0.39 is 33.8 Å². The molecule has 11 nitrogen and oxygen atoms in total. The Morgan fingerprint density at radius 2 is 1.93 bits per heavy atom. The van der Waals surface area contributed by atoms with Crippen molar-refractivity contribution >= 4 is 33.2 Å². The highest BCUT2D eigenvalue weighted by atomic mass is 35.5. The number of amides is 1. The van der Waals surface area contributed by atoms with E-state index in [1.165, 1.54) is 43.9 Å². The number of aromatic nitrogens is 1. The summed E-state index contributed by atoms with van der Waals surface area (Å²) in [7, 11) is -1.10. The zero-order chi connectivity index (χ0) is 32.1. The van der Waals surface area contributed by atoms with E-state index >= 15 is 4.79 Å². The molecule has 1 amide bonds. The fourth-order valence-corrected chi connectivity index (χ4v) is 8.27. The number of rotatable bonds is 9. The molecule has 1 aromatic heterocycles. The van der Waals surface area contributed by atoms with Crippen molar-refractivity contribution in [3.8, 4) is 5.75 Å². The van der Waals surface area contributed by atoms with Gasteiger partial charge < -0.3 is 23.9 Å². The van der Waals surface area contributed by atoms with Crippen LogP contribution in [-0.4, -0.2) is 44.9 Å². The van der Waals surface area contributed by atoms with Gasteiger partial charge in [0.15, 0.2) is 11.3 Å². The minimum Gasteiger partial charge on any atom is -0.497 e. The van der Waals surface area contributed by atoms with Gasteiger partial charge in [0.2, 0.25) is 5.89 Å². The molecule has 3 aliphatic heterocycles. The summed E-state index contributed by atoms with van der Waals surface area (Å²) in [4.78, 5) is 21.5. The summed E-state index contributed by atoms with van der Waals surface area (Å²) in [5, 5.41) is 3.48. The van der Waals surface area contributed by atoms with Gasteiger partial charge in [-0.1, -0.05) is 35.9 Å². The molecule has 4 aromatic rings. The first-order chi connectivity index (χ1) is 22.3. The lowest BCUT2D eigenvalue weighted by Gasteiger charge is -2.40. The maximum absolute atomic E-state index is 15.2. The number of hydrogen-bond donors (Lipinski definition) is 1. The molecular formula is C33H31ClN4O7S. The molecule has 3 aliphatic rings. The van der Waals surface area contributed by atoms with E-state index in [0.29, 0.717) is 48.2 Å². The molecule has 0 saturated carbocycles. The summed E-state index contributed by atoms with van der Waals surface area (Å²) < 4.78 is 53.4. The largest absolute Gasteiger partial charge is 0.497 e. The van der Waals surface area contributed by atoms with Crippen LogP contribution in [-0.2, 0) is 36.4 Å². The Morgan fingerprint density at radius 3 is 2.67 bits per heavy atom. The number of methoxy groups -OCH3 is 1. The zero-order valence-electron chi connectivity index (χ0n) is 25.1. The first-order valence-corrected chi connectivity index (χ1v) is 16.6. The third kappa shape index (κ3) is 4.66. The van der Waals surface area contributed by atoms with E-state index in [4.69, 9.17) is 30.2 Å². The van der Waals surface area contributed by atoms with E-state index in [2.05, 4.69) is 10.3 Å². The molecule has 0 radical (unpaired) electrons. The van der Waals surface area contributed by atoms with Crippen molar-refractivity contribution in [2.45, 2.75) is 42.2 Å². The van der Waals surface area contributed by atoms with Crippen LogP contribution in [0.4, 0.5) is 5.69 Å². The summed E-state index contributed by atoms with van der Waals surface area (Å²) in [6.07, 6.45) is 4.84. The second-order valence-corrected chi connectivity index (χ2v) is 13.4. The van der Waals surface area contributed by atoms with Crippen LogP contribution >= 0.6 is 11.6 Å². The van der Waals surface area contributed by atoms with Crippen molar-refractivity contribution in [1.82, 2.24) is 15.2 Å². The van der Waals surface area contributed by atoms with Crippen molar-refractivity contribution in [1.29, 1.82) is 0 Å². The van der Waals surface area contributed by atoms with Gasteiger partial charge in [-0.2, -0.15) is 0 Å². The molecule has 238 valence electrons. The lowest BCUT2D eigenvalue weighted by molar-refractivity contribution is -0.132. The van der Waals surface area contributed by atoms with Crippen LogP contribution in [0.2, 0.25) is 5.02 Å². The van der Waals surface area contributed by atoms with Gasteiger partial charge in [0.05, 0.1) is 29.9 Å². The molecule has 0 bridgehead atoms. The second kappa shape index (κ2) is 11.8. The van der Waals surface area contributed by atoms with Gasteiger partial charge in [0.25, 0.3) is 22.2 Å². The van der Waals surface area contributed by atoms with E-state index in [9.17, 15) is 8.42 Å². The predicted molar refractivity (Wildman–Crippen MR) is 168 cm³/mol. The van der Waals surface area contributed by atoms with Gasteiger partial charge in [0, 0.05) is 29.2 Å². The minimum atomic E-state index is -4.43. The molecule has 46 heavy (non-hydrogen) atoms. The summed E-state index contributed by atoms with van der Waals surface area (Å²) >= 11 is 6.60. The SMILES string of the molecule is CNCc1ccccc1C1OC=C(C2(N3CCCC3c3ncco3)C(=O)N(S(=O)(=O)c3ccc(OC)cc3)c3ccc(Cl)cc32)O1. The van der Waals surface area contributed by atoms with Crippen molar-refractivity contribution in [3.63, 3.8) is 0 Å². The summed E-state index contributed by atoms with van der Waals surface area (Å²) in [5.74, 6) is 0.264. The Balaban J connectivity index is 1.41. The number of carbonyl (C=O) groups excluding carboxylic acids is 1. The number of fused-ring (bicyclic) bond motifs is 1. The van der Waals surface area contributed by atoms with Crippen molar-refractivity contribution in [2.75, 3.05) is 25.0 Å². The van der Waals surface area contributed by atoms with Crippen LogP contribution in [0.1, 0.15) is 47.8 Å². The number of nitrogens with zero attached hydrogens (tertiary/aromatic N) is 3. The predicted octanol–water partition coefficient (Wildman–Crippen LogP) is 5.41. The third-order valence-corrected chi connectivity index (χ3v) is 10.6. The molecule has 1 fully saturated rings. The maximum Gasteiger partial charge on any atom is 0.274 e. The van der Waals surface area contributed by atoms with Crippen molar-refractivity contribution in [2.24, 2.45) is 0 Å². The molecule has 0 spiro atoms. The molecule has 4 heterocycles. The first-order valence-electron chi connectivity index (χ1n) is 14.8. The first kappa shape index (κ1) is 30.3. The Kier molecular flexibility index (Phi) is 7.76. The highest BCUT2D eigenvalue weighted by molar-refractivity contribution is 7.93. The number of ether oxygens (including phenoxy) is 3.